The second-order valence-corrected chi connectivity index (χ2v) is 9.19. The third-order valence-corrected chi connectivity index (χ3v) is 6.53. The van der Waals surface area contributed by atoms with Gasteiger partial charge in [-0.1, -0.05) is 35.9 Å². The van der Waals surface area contributed by atoms with Crippen molar-refractivity contribution in [3.05, 3.63) is 80.9 Å². The number of benzene rings is 2. The van der Waals surface area contributed by atoms with Gasteiger partial charge in [-0.15, -0.1) is 0 Å². The number of carboxylic acid groups (broad SMARTS) is 1. The van der Waals surface area contributed by atoms with Gasteiger partial charge in [0.05, 0.1) is 15.5 Å². The second-order valence-electron chi connectivity index (χ2n) is 7.78. The summed E-state index contributed by atoms with van der Waals surface area (Å²) in [6.45, 7) is 3.31. The van der Waals surface area contributed by atoms with E-state index in [9.17, 15) is 19.2 Å². The maximum Gasteiger partial charge on any atom is 0.337 e. The van der Waals surface area contributed by atoms with E-state index in [4.69, 9.17) is 21.1 Å². The first-order valence-corrected chi connectivity index (χ1v) is 11.6. The molecule has 10 heteroatoms. The van der Waals surface area contributed by atoms with Crippen molar-refractivity contribution in [3.8, 4) is 11.3 Å². The first-order valence-electron chi connectivity index (χ1n) is 10.4. The van der Waals surface area contributed by atoms with E-state index < -0.39 is 29.6 Å². The summed E-state index contributed by atoms with van der Waals surface area (Å²) >= 11 is 6.74. The number of carbonyl (C=O) groups excluding carboxylic acids is 3. The maximum atomic E-state index is 12.8. The molecular formula is C25H19ClN2O6S. The number of halogens is 1. The number of carbonyl (C=O) groups is 4. The van der Waals surface area contributed by atoms with E-state index in [2.05, 4.69) is 5.32 Å². The Kier molecular flexibility index (Phi) is 6.81. The van der Waals surface area contributed by atoms with Crippen molar-refractivity contribution in [2.24, 2.45) is 0 Å². The van der Waals surface area contributed by atoms with Crippen LogP contribution in [0.4, 0.5) is 10.5 Å². The van der Waals surface area contributed by atoms with Crippen LogP contribution in [-0.2, 0) is 9.59 Å². The summed E-state index contributed by atoms with van der Waals surface area (Å²) in [6.07, 6.45) is 1.42. The fourth-order valence-corrected chi connectivity index (χ4v) is 4.61. The lowest BCUT2D eigenvalue weighted by molar-refractivity contribution is -0.127. The van der Waals surface area contributed by atoms with Gasteiger partial charge >= 0.3 is 5.97 Å². The van der Waals surface area contributed by atoms with Crippen LogP contribution in [0, 0.1) is 13.8 Å². The quantitative estimate of drug-likeness (QED) is 0.415. The van der Waals surface area contributed by atoms with Gasteiger partial charge in [-0.25, -0.2) is 4.79 Å². The number of aryl methyl sites for hydroxylation is 2. The second kappa shape index (κ2) is 9.81. The van der Waals surface area contributed by atoms with E-state index in [1.54, 1.807) is 18.2 Å². The zero-order valence-electron chi connectivity index (χ0n) is 18.6. The Morgan fingerprint density at radius 1 is 1.11 bits per heavy atom. The molecular weight excluding hydrogens is 492 g/mol. The molecule has 0 atom stereocenters. The molecule has 1 aliphatic rings. The maximum absolute atomic E-state index is 12.8. The number of nitrogens with one attached hydrogen (secondary N) is 1. The van der Waals surface area contributed by atoms with Crippen LogP contribution in [0.1, 0.15) is 27.2 Å². The Morgan fingerprint density at radius 3 is 2.49 bits per heavy atom. The zero-order valence-corrected chi connectivity index (χ0v) is 20.2. The Morgan fingerprint density at radius 2 is 1.83 bits per heavy atom. The summed E-state index contributed by atoms with van der Waals surface area (Å²) in [5.41, 5.74) is 2.92. The van der Waals surface area contributed by atoms with Gasteiger partial charge in [0.25, 0.3) is 11.1 Å². The molecule has 2 aromatic carbocycles. The van der Waals surface area contributed by atoms with Crippen LogP contribution in [0.15, 0.2) is 57.9 Å². The monoisotopic (exact) mass is 510 g/mol. The lowest BCUT2D eigenvalue weighted by Gasteiger charge is -2.15. The number of imide groups is 1. The van der Waals surface area contributed by atoms with Gasteiger partial charge in [-0.2, -0.15) is 0 Å². The van der Waals surface area contributed by atoms with Gasteiger partial charge in [0.1, 0.15) is 18.1 Å². The van der Waals surface area contributed by atoms with Crippen molar-refractivity contribution in [1.82, 2.24) is 4.90 Å². The number of carboxylic acids is 1. The first kappa shape index (κ1) is 24.3. The van der Waals surface area contributed by atoms with Crippen molar-refractivity contribution < 1.29 is 28.7 Å². The van der Waals surface area contributed by atoms with Crippen LogP contribution in [-0.4, -0.2) is 39.6 Å². The molecule has 2 heterocycles. The van der Waals surface area contributed by atoms with E-state index in [1.165, 1.54) is 18.2 Å². The minimum Gasteiger partial charge on any atom is -0.478 e. The van der Waals surface area contributed by atoms with Crippen LogP contribution in [0.2, 0.25) is 5.02 Å². The number of para-hydroxylation sites is 1. The van der Waals surface area contributed by atoms with Gasteiger partial charge in [-0.05, 0) is 61.0 Å². The first-order chi connectivity index (χ1) is 16.6. The molecule has 3 aromatic rings. The number of rotatable bonds is 6. The molecule has 4 rings (SSSR count). The fraction of sp³-hybridized carbons (Fsp3) is 0.120. The number of hydrogen-bond donors (Lipinski definition) is 2. The predicted octanol–water partition coefficient (Wildman–Crippen LogP) is 5.59. The lowest BCUT2D eigenvalue weighted by atomic mass is 10.1. The number of hydrogen-bond acceptors (Lipinski definition) is 6. The number of aromatic carboxylic acids is 1. The molecule has 0 bridgehead atoms. The highest BCUT2D eigenvalue weighted by Crippen LogP contribution is 2.34. The average Bonchev–Trinajstić information content (AvgIpc) is 3.36. The predicted molar refractivity (Wildman–Crippen MR) is 133 cm³/mol. The minimum absolute atomic E-state index is 0.0301. The van der Waals surface area contributed by atoms with Crippen LogP contribution in [0.25, 0.3) is 17.4 Å². The average molecular weight is 511 g/mol. The summed E-state index contributed by atoms with van der Waals surface area (Å²) in [6, 6.07) is 13.2. The van der Waals surface area contributed by atoms with Gasteiger partial charge in [0, 0.05) is 17.3 Å². The van der Waals surface area contributed by atoms with E-state index >= 15 is 0 Å². The molecule has 2 N–H and O–H groups in total. The number of anilines is 1. The number of nitrogens with zero attached hydrogens (tertiary/aromatic N) is 1. The van der Waals surface area contributed by atoms with E-state index in [0.717, 1.165) is 16.0 Å². The number of amides is 3. The van der Waals surface area contributed by atoms with Crippen LogP contribution in [0.3, 0.4) is 0 Å². The molecule has 1 fully saturated rings. The van der Waals surface area contributed by atoms with Crippen LogP contribution in [0.5, 0.6) is 0 Å². The summed E-state index contributed by atoms with van der Waals surface area (Å²) < 4.78 is 5.74. The highest BCUT2D eigenvalue weighted by molar-refractivity contribution is 8.18. The molecule has 1 aliphatic heterocycles. The van der Waals surface area contributed by atoms with E-state index in [1.807, 2.05) is 32.0 Å². The number of furan rings is 1. The Balaban J connectivity index is 1.47. The third kappa shape index (κ3) is 5.16. The van der Waals surface area contributed by atoms with E-state index in [0.29, 0.717) is 34.5 Å². The van der Waals surface area contributed by atoms with E-state index in [-0.39, 0.29) is 15.5 Å². The van der Waals surface area contributed by atoms with Crippen molar-refractivity contribution in [1.29, 1.82) is 0 Å². The zero-order chi connectivity index (χ0) is 25.3. The molecule has 1 saturated heterocycles. The van der Waals surface area contributed by atoms with Gasteiger partial charge in [0.2, 0.25) is 5.91 Å². The summed E-state index contributed by atoms with van der Waals surface area (Å²) in [4.78, 5) is 49.9. The summed E-state index contributed by atoms with van der Waals surface area (Å²) in [5, 5.41) is 11.4. The molecule has 3 amide bonds. The third-order valence-electron chi connectivity index (χ3n) is 5.31. The Hall–Kier alpha value is -3.82. The molecule has 178 valence electrons. The SMILES string of the molecule is Cc1cccc(C)c1NC(=O)CN1C(=O)S/C(=C\c2ccc(-c3ccc(C(=O)O)c(Cl)c3)o2)C1=O. The molecule has 1 aromatic heterocycles. The van der Waals surface area contributed by atoms with Gasteiger partial charge in [0.15, 0.2) is 0 Å². The normalized spacial score (nSPS) is 14.6. The van der Waals surface area contributed by atoms with Gasteiger partial charge < -0.3 is 14.8 Å². The van der Waals surface area contributed by atoms with Crippen LogP contribution < -0.4 is 5.32 Å². The Bertz CT molecular complexity index is 1390. The van der Waals surface area contributed by atoms with Gasteiger partial charge in [-0.3, -0.25) is 19.3 Å². The van der Waals surface area contributed by atoms with Crippen molar-refractivity contribution in [3.63, 3.8) is 0 Å². The largest absolute Gasteiger partial charge is 0.478 e. The topological polar surface area (TPSA) is 117 Å². The van der Waals surface area contributed by atoms with Crippen molar-refractivity contribution in [2.45, 2.75) is 13.8 Å². The lowest BCUT2D eigenvalue weighted by Crippen LogP contribution is -2.36. The molecule has 0 spiro atoms. The standard InChI is InChI=1S/C25H19ClN2O6S/c1-13-4-3-5-14(2)22(13)27-21(29)12-28-23(30)20(35-25(28)33)11-16-7-9-19(34-16)15-6-8-17(24(31)32)18(26)10-15/h3-11H,12H2,1-2H3,(H,27,29)(H,31,32)/b20-11-. The Labute approximate surface area is 209 Å². The molecule has 0 aliphatic carbocycles. The fourth-order valence-electron chi connectivity index (χ4n) is 3.53. The van der Waals surface area contributed by atoms with Crippen molar-refractivity contribution >= 4 is 58.1 Å². The van der Waals surface area contributed by atoms with Crippen molar-refractivity contribution in [2.75, 3.05) is 11.9 Å². The van der Waals surface area contributed by atoms with Crippen LogP contribution >= 0.6 is 23.4 Å². The molecule has 8 nitrogen and oxygen atoms in total. The molecule has 35 heavy (non-hydrogen) atoms. The highest BCUT2D eigenvalue weighted by Gasteiger charge is 2.36. The summed E-state index contributed by atoms with van der Waals surface area (Å²) in [7, 11) is 0. The minimum atomic E-state index is -1.14. The summed E-state index contributed by atoms with van der Waals surface area (Å²) in [5.74, 6) is -1.50. The smallest absolute Gasteiger partial charge is 0.337 e. The molecule has 0 radical (unpaired) electrons. The molecule has 0 saturated carbocycles. The molecule has 0 unspecified atom stereocenters. The highest BCUT2D eigenvalue weighted by atomic mass is 35.5. The number of thioether (sulfide) groups is 1.